The van der Waals surface area contributed by atoms with E-state index >= 15 is 0 Å². The molecule has 0 radical (unpaired) electrons. The number of amides is 1. The van der Waals surface area contributed by atoms with Crippen molar-refractivity contribution < 1.29 is 4.79 Å². The van der Waals surface area contributed by atoms with Gasteiger partial charge >= 0.3 is 0 Å². The van der Waals surface area contributed by atoms with Gasteiger partial charge in [0.15, 0.2) is 5.82 Å². The standard InChI is InChI=1S/C10H13N5O/c1-2-13-8(16)6-15-10-9(12)7(5-11)3-4-14-10/h3-4H,2,6,12H2,1H3,(H,13,16)(H,14,15). The van der Waals surface area contributed by atoms with Crippen LogP contribution in [-0.2, 0) is 4.79 Å². The van der Waals surface area contributed by atoms with Gasteiger partial charge in [0.05, 0.1) is 17.8 Å². The van der Waals surface area contributed by atoms with Crippen molar-refractivity contribution in [1.29, 1.82) is 5.26 Å². The van der Waals surface area contributed by atoms with E-state index in [0.29, 0.717) is 17.9 Å². The van der Waals surface area contributed by atoms with Crippen LogP contribution in [-0.4, -0.2) is 24.0 Å². The molecular formula is C10H13N5O. The van der Waals surface area contributed by atoms with E-state index in [1.807, 2.05) is 13.0 Å². The molecule has 0 fully saturated rings. The van der Waals surface area contributed by atoms with Crippen LogP contribution in [0.5, 0.6) is 0 Å². The molecule has 0 atom stereocenters. The van der Waals surface area contributed by atoms with Gasteiger partial charge in [-0.2, -0.15) is 5.26 Å². The molecule has 1 rings (SSSR count). The van der Waals surface area contributed by atoms with Gasteiger partial charge in [0, 0.05) is 12.7 Å². The summed E-state index contributed by atoms with van der Waals surface area (Å²) in [5.74, 6) is 0.205. The van der Waals surface area contributed by atoms with Crippen molar-refractivity contribution in [3.63, 3.8) is 0 Å². The summed E-state index contributed by atoms with van der Waals surface area (Å²) >= 11 is 0. The zero-order valence-electron chi connectivity index (χ0n) is 8.95. The molecule has 84 valence electrons. The number of nitriles is 1. The lowest BCUT2D eigenvalue weighted by molar-refractivity contribution is -0.119. The fourth-order valence-corrected chi connectivity index (χ4v) is 1.14. The molecule has 0 unspecified atom stereocenters. The minimum atomic E-state index is -0.147. The van der Waals surface area contributed by atoms with Crippen LogP contribution in [0.1, 0.15) is 12.5 Å². The van der Waals surface area contributed by atoms with Crippen molar-refractivity contribution in [2.24, 2.45) is 0 Å². The second kappa shape index (κ2) is 5.56. The predicted molar refractivity (Wildman–Crippen MR) is 60.5 cm³/mol. The van der Waals surface area contributed by atoms with Crippen molar-refractivity contribution in [2.75, 3.05) is 24.1 Å². The number of nitrogen functional groups attached to an aromatic ring is 1. The van der Waals surface area contributed by atoms with Crippen LogP contribution in [0.3, 0.4) is 0 Å². The first-order chi connectivity index (χ1) is 7.69. The number of carbonyl (C=O) groups is 1. The van der Waals surface area contributed by atoms with Gasteiger partial charge in [-0.1, -0.05) is 0 Å². The Hall–Kier alpha value is -2.29. The first-order valence-corrected chi connectivity index (χ1v) is 4.84. The van der Waals surface area contributed by atoms with E-state index in [0.717, 1.165) is 0 Å². The van der Waals surface area contributed by atoms with E-state index in [1.165, 1.54) is 12.3 Å². The van der Waals surface area contributed by atoms with E-state index in [-0.39, 0.29) is 18.1 Å². The third-order valence-electron chi connectivity index (χ3n) is 1.90. The zero-order valence-corrected chi connectivity index (χ0v) is 8.95. The quantitative estimate of drug-likeness (QED) is 0.665. The molecule has 6 heteroatoms. The molecule has 4 N–H and O–H groups in total. The summed E-state index contributed by atoms with van der Waals surface area (Å²) in [5.41, 5.74) is 6.27. The summed E-state index contributed by atoms with van der Waals surface area (Å²) in [6.45, 7) is 2.49. The second-order valence-corrected chi connectivity index (χ2v) is 3.04. The number of aromatic nitrogens is 1. The molecule has 0 saturated carbocycles. The minimum Gasteiger partial charge on any atom is -0.395 e. The third-order valence-corrected chi connectivity index (χ3v) is 1.90. The van der Waals surface area contributed by atoms with Crippen LogP contribution < -0.4 is 16.4 Å². The molecule has 0 aromatic carbocycles. The van der Waals surface area contributed by atoms with Crippen LogP contribution in [0.15, 0.2) is 12.3 Å². The van der Waals surface area contributed by atoms with Crippen molar-refractivity contribution in [3.8, 4) is 6.07 Å². The van der Waals surface area contributed by atoms with E-state index in [9.17, 15) is 4.79 Å². The number of hydrogen-bond acceptors (Lipinski definition) is 5. The fourth-order valence-electron chi connectivity index (χ4n) is 1.14. The highest BCUT2D eigenvalue weighted by Gasteiger charge is 2.06. The molecule has 0 aliphatic rings. The highest BCUT2D eigenvalue weighted by Crippen LogP contribution is 2.18. The van der Waals surface area contributed by atoms with Gasteiger partial charge in [0.2, 0.25) is 5.91 Å². The maximum atomic E-state index is 11.2. The maximum absolute atomic E-state index is 11.2. The first kappa shape index (κ1) is 11.8. The maximum Gasteiger partial charge on any atom is 0.239 e. The monoisotopic (exact) mass is 219 g/mol. The van der Waals surface area contributed by atoms with E-state index < -0.39 is 0 Å². The zero-order chi connectivity index (χ0) is 12.0. The Morgan fingerprint density at radius 2 is 2.44 bits per heavy atom. The first-order valence-electron chi connectivity index (χ1n) is 4.84. The van der Waals surface area contributed by atoms with Gasteiger partial charge in [-0.05, 0) is 13.0 Å². The Kier molecular flexibility index (Phi) is 4.09. The van der Waals surface area contributed by atoms with E-state index in [1.54, 1.807) is 0 Å². The number of rotatable bonds is 4. The number of nitrogens with zero attached hydrogens (tertiary/aromatic N) is 2. The number of hydrogen-bond donors (Lipinski definition) is 3. The molecule has 6 nitrogen and oxygen atoms in total. The van der Waals surface area contributed by atoms with Crippen LogP contribution in [0.25, 0.3) is 0 Å². The molecule has 0 bridgehead atoms. The molecule has 0 saturated heterocycles. The molecule has 0 spiro atoms. The average Bonchev–Trinajstić information content (AvgIpc) is 2.28. The van der Waals surface area contributed by atoms with Crippen molar-refractivity contribution in [2.45, 2.75) is 6.92 Å². The minimum absolute atomic E-state index is 0.0833. The van der Waals surface area contributed by atoms with E-state index in [2.05, 4.69) is 15.6 Å². The lowest BCUT2D eigenvalue weighted by Gasteiger charge is -2.08. The molecule has 1 amide bonds. The second-order valence-electron chi connectivity index (χ2n) is 3.04. The molecule has 16 heavy (non-hydrogen) atoms. The summed E-state index contributed by atoms with van der Waals surface area (Å²) in [6, 6.07) is 3.46. The van der Waals surface area contributed by atoms with Gasteiger partial charge in [0.25, 0.3) is 0 Å². The summed E-state index contributed by atoms with van der Waals surface area (Å²) in [5, 5.41) is 14.1. The largest absolute Gasteiger partial charge is 0.395 e. The lowest BCUT2D eigenvalue weighted by Crippen LogP contribution is -2.29. The summed E-state index contributed by atoms with van der Waals surface area (Å²) < 4.78 is 0. The highest BCUT2D eigenvalue weighted by atomic mass is 16.1. The molecule has 0 aliphatic carbocycles. The third kappa shape index (κ3) is 2.85. The lowest BCUT2D eigenvalue weighted by atomic mass is 10.2. The normalized spacial score (nSPS) is 9.25. The van der Waals surface area contributed by atoms with Gasteiger partial charge in [-0.3, -0.25) is 4.79 Å². The fraction of sp³-hybridized carbons (Fsp3) is 0.300. The molecule has 1 heterocycles. The highest BCUT2D eigenvalue weighted by molar-refractivity contribution is 5.82. The smallest absolute Gasteiger partial charge is 0.239 e. The van der Waals surface area contributed by atoms with E-state index in [4.69, 9.17) is 11.0 Å². The summed E-state index contributed by atoms with van der Waals surface area (Å²) in [4.78, 5) is 15.1. The Labute approximate surface area is 93.5 Å². The Balaban J connectivity index is 2.68. The number of anilines is 2. The topological polar surface area (TPSA) is 104 Å². The summed E-state index contributed by atoms with van der Waals surface area (Å²) in [7, 11) is 0. The number of nitrogens with one attached hydrogen (secondary N) is 2. The van der Waals surface area contributed by atoms with Crippen LogP contribution in [0, 0.1) is 11.3 Å². The Morgan fingerprint density at radius 3 is 3.06 bits per heavy atom. The molecule has 0 aliphatic heterocycles. The molecule has 1 aromatic heterocycles. The van der Waals surface area contributed by atoms with Crippen molar-refractivity contribution in [1.82, 2.24) is 10.3 Å². The number of pyridine rings is 1. The van der Waals surface area contributed by atoms with Crippen LogP contribution in [0.2, 0.25) is 0 Å². The summed E-state index contributed by atoms with van der Waals surface area (Å²) in [6.07, 6.45) is 1.47. The average molecular weight is 219 g/mol. The number of likely N-dealkylation sites (N-methyl/N-ethyl adjacent to an activating group) is 1. The Bertz CT molecular complexity index is 424. The number of carbonyl (C=O) groups excluding carboxylic acids is 1. The molecular weight excluding hydrogens is 206 g/mol. The number of nitrogens with two attached hydrogens (primary N) is 1. The van der Waals surface area contributed by atoms with Crippen molar-refractivity contribution in [3.05, 3.63) is 17.8 Å². The van der Waals surface area contributed by atoms with Crippen LogP contribution >= 0.6 is 0 Å². The van der Waals surface area contributed by atoms with Crippen LogP contribution in [0.4, 0.5) is 11.5 Å². The van der Waals surface area contributed by atoms with Gasteiger partial charge < -0.3 is 16.4 Å². The van der Waals surface area contributed by atoms with Gasteiger partial charge in [-0.25, -0.2) is 4.98 Å². The van der Waals surface area contributed by atoms with Gasteiger partial charge in [0.1, 0.15) is 6.07 Å². The Morgan fingerprint density at radius 1 is 1.69 bits per heavy atom. The molecule has 1 aromatic rings. The van der Waals surface area contributed by atoms with Gasteiger partial charge in [-0.15, -0.1) is 0 Å². The SMILES string of the molecule is CCNC(=O)CNc1nccc(C#N)c1N. The van der Waals surface area contributed by atoms with Crippen molar-refractivity contribution >= 4 is 17.4 Å². The predicted octanol–water partition coefficient (Wildman–Crippen LogP) is 0.0835.